The molecule has 0 saturated carbocycles. The third-order valence-corrected chi connectivity index (χ3v) is 9.75. The van der Waals surface area contributed by atoms with Crippen LogP contribution >= 0.6 is 0 Å². The molecule has 0 aliphatic carbocycles. The van der Waals surface area contributed by atoms with Gasteiger partial charge in [0.1, 0.15) is 17.0 Å². The predicted octanol–water partition coefficient (Wildman–Crippen LogP) is 6.45. The number of hydrogen-bond acceptors (Lipinski definition) is 10. The highest BCUT2D eigenvalue weighted by atomic mass is 16.4. The molecule has 0 radical (unpaired) electrons. The maximum absolute atomic E-state index is 12.7. The standard InChI is InChI=1S/C23H28N4O2.C23H15N3O4/c1-2-7-20-10-6-11-21(23(20)29)16-24-25-22(28)18-27-14-12-26(13-15-27)17-19-8-4-3-5-9-19;27-19-8-4-6-15-12-17(23(29)30-21(15)19)22(28)24-16-7-3-5-14(11-16)18-13-26-10-2-1-9-20(26)25-18/h2-6,8-11,16,29H,1,7,12-15,17-18H2,(H,25,28);1-13,27H,(H,24,28)/b24-16+;. The molecule has 4 N–H and O–H groups in total. The van der Waals surface area contributed by atoms with Gasteiger partial charge < -0.3 is 24.3 Å². The maximum atomic E-state index is 12.7. The second kappa shape index (κ2) is 18.7. The van der Waals surface area contributed by atoms with Crippen LogP contribution in [0.25, 0.3) is 27.9 Å². The number of carbonyl (C=O) groups is 2. The lowest BCUT2D eigenvalue weighted by molar-refractivity contribution is -0.122. The summed E-state index contributed by atoms with van der Waals surface area (Å²) in [5.74, 6) is -0.739. The number of nitrogens with zero attached hydrogens (tertiary/aromatic N) is 5. The van der Waals surface area contributed by atoms with E-state index in [1.165, 1.54) is 23.9 Å². The summed E-state index contributed by atoms with van der Waals surface area (Å²) in [6.45, 7) is 8.54. The van der Waals surface area contributed by atoms with Gasteiger partial charge >= 0.3 is 5.63 Å². The third kappa shape index (κ3) is 10.2. The highest BCUT2D eigenvalue weighted by Gasteiger charge is 2.19. The highest BCUT2D eigenvalue weighted by Crippen LogP contribution is 2.26. The summed E-state index contributed by atoms with van der Waals surface area (Å²) >= 11 is 0. The monoisotopic (exact) mass is 789 g/mol. The molecule has 0 bridgehead atoms. The topological polar surface area (TPSA) is 165 Å². The highest BCUT2D eigenvalue weighted by molar-refractivity contribution is 6.06. The number of carbonyl (C=O) groups excluding carboxylic acids is 2. The van der Waals surface area contributed by atoms with Gasteiger partial charge in [0.05, 0.1) is 18.5 Å². The minimum atomic E-state index is -0.821. The summed E-state index contributed by atoms with van der Waals surface area (Å²) in [6.07, 6.45) is 7.60. The summed E-state index contributed by atoms with van der Waals surface area (Å²) in [6, 6.07) is 34.9. The van der Waals surface area contributed by atoms with Crippen molar-refractivity contribution in [2.45, 2.75) is 13.0 Å². The lowest BCUT2D eigenvalue weighted by Gasteiger charge is -2.34. The normalized spacial score (nSPS) is 13.2. The number of rotatable bonds is 11. The largest absolute Gasteiger partial charge is 0.507 e. The molecular formula is C46H43N7O6. The van der Waals surface area contributed by atoms with Gasteiger partial charge in [0.15, 0.2) is 11.3 Å². The SMILES string of the molecule is C=CCc1cccc(/C=N/NC(=O)CN2CCN(Cc3ccccc3)CC2)c1O.O=C(Nc1cccc(-c2cn3ccccc3n2)c1)c1cc2cccc(O)c2oc1=O. The number of benzene rings is 4. The van der Waals surface area contributed by atoms with Crippen molar-refractivity contribution in [2.75, 3.05) is 38.0 Å². The zero-order valence-corrected chi connectivity index (χ0v) is 32.2. The Bertz CT molecular complexity index is 2650. The second-order valence-corrected chi connectivity index (χ2v) is 13.9. The number of hydrogen-bond donors (Lipinski definition) is 4. The van der Waals surface area contributed by atoms with E-state index in [0.29, 0.717) is 29.6 Å². The van der Waals surface area contributed by atoms with Crippen molar-refractivity contribution in [2.24, 2.45) is 5.10 Å². The number of nitrogens with one attached hydrogen (secondary N) is 2. The van der Waals surface area contributed by atoms with E-state index in [0.717, 1.165) is 55.2 Å². The summed E-state index contributed by atoms with van der Waals surface area (Å²) in [5.41, 5.74) is 7.22. The van der Waals surface area contributed by atoms with E-state index in [4.69, 9.17) is 4.42 Å². The molecule has 0 atom stereocenters. The minimum Gasteiger partial charge on any atom is -0.507 e. The molecule has 3 aromatic heterocycles. The molecule has 7 aromatic rings. The Morgan fingerprint density at radius 3 is 2.42 bits per heavy atom. The number of amides is 2. The fourth-order valence-corrected chi connectivity index (χ4v) is 6.71. The smallest absolute Gasteiger partial charge is 0.349 e. The molecule has 1 fully saturated rings. The van der Waals surface area contributed by atoms with Gasteiger partial charge in [-0.05, 0) is 60.0 Å². The Hall–Kier alpha value is -7.35. The van der Waals surface area contributed by atoms with Gasteiger partial charge in [-0.15, -0.1) is 6.58 Å². The van der Waals surface area contributed by atoms with Gasteiger partial charge in [-0.25, -0.2) is 15.2 Å². The molecule has 298 valence electrons. The van der Waals surface area contributed by atoms with Crippen LogP contribution in [0.2, 0.25) is 0 Å². The van der Waals surface area contributed by atoms with Crippen LogP contribution in [0.4, 0.5) is 5.69 Å². The first-order chi connectivity index (χ1) is 28.7. The first kappa shape index (κ1) is 39.9. The van der Waals surface area contributed by atoms with Crippen LogP contribution in [-0.2, 0) is 17.8 Å². The fraction of sp³-hybridized carbons (Fsp3) is 0.152. The van der Waals surface area contributed by atoms with Gasteiger partial charge in [-0.1, -0.05) is 78.9 Å². The van der Waals surface area contributed by atoms with Crippen molar-refractivity contribution in [1.29, 1.82) is 0 Å². The lowest BCUT2D eigenvalue weighted by Crippen LogP contribution is -2.48. The number of allylic oxidation sites excluding steroid dienone is 1. The lowest BCUT2D eigenvalue weighted by atomic mass is 10.1. The average molecular weight is 790 g/mol. The molecular weight excluding hydrogens is 747 g/mol. The number of phenols is 2. The number of fused-ring (bicyclic) bond motifs is 2. The van der Waals surface area contributed by atoms with Crippen LogP contribution in [0.1, 0.15) is 27.0 Å². The molecule has 8 rings (SSSR count). The zero-order chi connectivity index (χ0) is 41.1. The quantitative estimate of drug-likeness (QED) is 0.0499. The Balaban J connectivity index is 0.000000179. The Morgan fingerprint density at radius 1 is 0.864 bits per heavy atom. The first-order valence-electron chi connectivity index (χ1n) is 19.1. The van der Waals surface area contributed by atoms with Gasteiger partial charge in [0.25, 0.3) is 11.8 Å². The fourth-order valence-electron chi connectivity index (χ4n) is 6.71. The number of anilines is 1. The van der Waals surface area contributed by atoms with Crippen molar-refractivity contribution >= 4 is 40.3 Å². The first-order valence-corrected chi connectivity index (χ1v) is 19.1. The molecule has 59 heavy (non-hydrogen) atoms. The predicted molar refractivity (Wildman–Crippen MR) is 229 cm³/mol. The van der Waals surface area contributed by atoms with Gasteiger partial charge in [0.2, 0.25) is 0 Å². The van der Waals surface area contributed by atoms with Crippen LogP contribution in [0.5, 0.6) is 11.5 Å². The van der Waals surface area contributed by atoms with E-state index in [1.807, 2.05) is 59.3 Å². The number of aromatic nitrogens is 2. The van der Waals surface area contributed by atoms with E-state index in [9.17, 15) is 24.6 Å². The molecule has 13 heteroatoms. The van der Waals surface area contributed by atoms with Crippen LogP contribution in [0.3, 0.4) is 0 Å². The molecule has 0 unspecified atom stereocenters. The molecule has 1 saturated heterocycles. The van der Waals surface area contributed by atoms with Gasteiger partial charge in [-0.2, -0.15) is 5.10 Å². The van der Waals surface area contributed by atoms with E-state index in [2.05, 4.69) is 61.5 Å². The Kier molecular flexibility index (Phi) is 12.7. The maximum Gasteiger partial charge on any atom is 0.349 e. The van der Waals surface area contributed by atoms with Crippen molar-refractivity contribution in [3.05, 3.63) is 173 Å². The van der Waals surface area contributed by atoms with Crippen LogP contribution in [0.15, 0.2) is 155 Å². The minimum absolute atomic E-state index is 0.0490. The number of imidazole rings is 1. The Morgan fingerprint density at radius 2 is 1.63 bits per heavy atom. The van der Waals surface area contributed by atoms with Crippen LogP contribution in [-0.4, -0.2) is 80.2 Å². The van der Waals surface area contributed by atoms with Gasteiger partial charge in [-0.3, -0.25) is 19.4 Å². The number of hydrazone groups is 1. The van der Waals surface area contributed by atoms with Crippen LogP contribution in [0, 0.1) is 0 Å². The molecule has 4 aromatic carbocycles. The van der Waals surface area contributed by atoms with Crippen molar-refractivity contribution in [3.63, 3.8) is 0 Å². The third-order valence-electron chi connectivity index (χ3n) is 9.75. The second-order valence-electron chi connectivity index (χ2n) is 13.9. The van der Waals surface area contributed by atoms with Gasteiger partial charge in [0, 0.05) is 67.3 Å². The number of para-hydroxylation sites is 2. The molecule has 1 aliphatic rings. The van der Waals surface area contributed by atoms with Crippen LogP contribution < -0.4 is 16.4 Å². The number of aromatic hydroxyl groups is 2. The van der Waals surface area contributed by atoms with E-state index in [-0.39, 0.29) is 28.6 Å². The zero-order valence-electron chi connectivity index (χ0n) is 32.2. The van der Waals surface area contributed by atoms with E-state index in [1.54, 1.807) is 42.5 Å². The molecule has 1 aliphatic heterocycles. The molecule has 13 nitrogen and oxygen atoms in total. The Labute approximate surface area is 340 Å². The van der Waals surface area contributed by atoms with E-state index < -0.39 is 11.5 Å². The molecule has 2 amide bonds. The molecule has 0 spiro atoms. The summed E-state index contributed by atoms with van der Waals surface area (Å²) in [5, 5.41) is 27.2. The van der Waals surface area contributed by atoms with Crippen molar-refractivity contribution < 1.29 is 24.2 Å². The summed E-state index contributed by atoms with van der Waals surface area (Å²) in [7, 11) is 0. The summed E-state index contributed by atoms with van der Waals surface area (Å²) < 4.78 is 7.04. The summed E-state index contributed by atoms with van der Waals surface area (Å²) in [4.78, 5) is 46.2. The average Bonchev–Trinajstić information content (AvgIpc) is 3.69. The molecule has 4 heterocycles. The number of pyridine rings is 1. The van der Waals surface area contributed by atoms with Crippen molar-refractivity contribution in [3.8, 4) is 22.8 Å². The van der Waals surface area contributed by atoms with Crippen molar-refractivity contribution in [1.82, 2.24) is 24.6 Å². The number of piperazine rings is 1. The number of phenolic OH excluding ortho intramolecular Hbond substituents is 2. The van der Waals surface area contributed by atoms with E-state index >= 15 is 0 Å².